The highest BCUT2D eigenvalue weighted by molar-refractivity contribution is 5.66. The van der Waals surface area contributed by atoms with Crippen molar-refractivity contribution in [3.05, 3.63) is 24.8 Å². The quantitative estimate of drug-likeness (QED) is 0.481. The first-order valence-electron chi connectivity index (χ1n) is 4.87. The van der Waals surface area contributed by atoms with E-state index in [2.05, 4.69) is 13.2 Å². The van der Waals surface area contributed by atoms with Gasteiger partial charge < -0.3 is 4.74 Å². The van der Waals surface area contributed by atoms with Crippen LogP contribution in [-0.4, -0.2) is 11.6 Å². The van der Waals surface area contributed by atoms with Gasteiger partial charge in [-0.25, -0.2) is 0 Å². The Morgan fingerprint density at radius 2 is 2.07 bits per heavy atom. The minimum atomic E-state index is -0.527. The van der Waals surface area contributed by atoms with Crippen molar-refractivity contribution >= 4 is 5.97 Å². The molecule has 0 bridgehead atoms. The van der Waals surface area contributed by atoms with Gasteiger partial charge in [0, 0.05) is 6.92 Å². The summed E-state index contributed by atoms with van der Waals surface area (Å²) >= 11 is 0. The SMILES string of the molecule is C=CC(C)(CCCC(=C)C)OC(C)=O. The van der Waals surface area contributed by atoms with E-state index in [1.807, 2.05) is 13.8 Å². The van der Waals surface area contributed by atoms with Crippen LogP contribution < -0.4 is 0 Å². The predicted molar refractivity (Wildman–Crippen MR) is 59.0 cm³/mol. The van der Waals surface area contributed by atoms with Crippen LogP contribution in [0.2, 0.25) is 0 Å². The number of hydrogen-bond donors (Lipinski definition) is 0. The van der Waals surface area contributed by atoms with Crippen LogP contribution >= 0.6 is 0 Å². The molecule has 2 heteroatoms. The molecule has 0 aromatic carbocycles. The van der Waals surface area contributed by atoms with E-state index in [-0.39, 0.29) is 5.97 Å². The molecule has 1 unspecified atom stereocenters. The zero-order valence-electron chi connectivity index (χ0n) is 9.43. The van der Waals surface area contributed by atoms with Crippen molar-refractivity contribution in [2.75, 3.05) is 0 Å². The van der Waals surface area contributed by atoms with Gasteiger partial charge >= 0.3 is 5.97 Å². The van der Waals surface area contributed by atoms with E-state index in [4.69, 9.17) is 4.74 Å². The van der Waals surface area contributed by atoms with Crippen LogP contribution in [0.25, 0.3) is 0 Å². The van der Waals surface area contributed by atoms with Crippen LogP contribution in [-0.2, 0) is 9.53 Å². The van der Waals surface area contributed by atoms with Gasteiger partial charge in [0.25, 0.3) is 0 Å². The molecule has 14 heavy (non-hydrogen) atoms. The van der Waals surface area contributed by atoms with E-state index in [0.29, 0.717) is 0 Å². The summed E-state index contributed by atoms with van der Waals surface area (Å²) in [5, 5.41) is 0. The lowest BCUT2D eigenvalue weighted by Gasteiger charge is -2.25. The molecule has 2 nitrogen and oxygen atoms in total. The van der Waals surface area contributed by atoms with Gasteiger partial charge in [-0.15, -0.1) is 6.58 Å². The molecule has 0 saturated carbocycles. The number of allylic oxidation sites excluding steroid dienone is 1. The molecule has 0 aromatic rings. The second-order valence-corrected chi connectivity index (χ2v) is 3.92. The molecule has 0 aliphatic rings. The highest BCUT2D eigenvalue weighted by Crippen LogP contribution is 2.21. The minimum absolute atomic E-state index is 0.261. The van der Waals surface area contributed by atoms with E-state index in [1.54, 1.807) is 6.08 Å². The Hall–Kier alpha value is -1.05. The molecule has 0 N–H and O–H groups in total. The maximum absolute atomic E-state index is 10.8. The molecular formula is C12H20O2. The monoisotopic (exact) mass is 196 g/mol. The summed E-state index contributed by atoms with van der Waals surface area (Å²) in [7, 11) is 0. The van der Waals surface area contributed by atoms with Gasteiger partial charge in [-0.3, -0.25) is 4.79 Å². The molecule has 1 atom stereocenters. The largest absolute Gasteiger partial charge is 0.455 e. The van der Waals surface area contributed by atoms with Crippen molar-refractivity contribution < 1.29 is 9.53 Å². The van der Waals surface area contributed by atoms with Crippen molar-refractivity contribution in [3.63, 3.8) is 0 Å². The van der Waals surface area contributed by atoms with Crippen molar-refractivity contribution in [3.8, 4) is 0 Å². The van der Waals surface area contributed by atoms with Gasteiger partial charge in [0.2, 0.25) is 0 Å². The average molecular weight is 196 g/mol. The van der Waals surface area contributed by atoms with Crippen molar-refractivity contribution in [2.45, 2.75) is 45.6 Å². The lowest BCUT2D eigenvalue weighted by Crippen LogP contribution is -2.28. The molecule has 80 valence electrons. The van der Waals surface area contributed by atoms with E-state index < -0.39 is 5.60 Å². The lowest BCUT2D eigenvalue weighted by molar-refractivity contribution is -0.151. The van der Waals surface area contributed by atoms with Gasteiger partial charge in [0.1, 0.15) is 5.60 Å². The van der Waals surface area contributed by atoms with E-state index in [0.717, 1.165) is 24.8 Å². The fourth-order valence-corrected chi connectivity index (χ4v) is 1.26. The highest BCUT2D eigenvalue weighted by atomic mass is 16.6. The Morgan fingerprint density at radius 1 is 1.50 bits per heavy atom. The molecular weight excluding hydrogens is 176 g/mol. The van der Waals surface area contributed by atoms with Crippen LogP contribution in [0, 0.1) is 0 Å². The summed E-state index contributed by atoms with van der Waals surface area (Å²) < 4.78 is 5.18. The normalized spacial score (nSPS) is 14.2. The van der Waals surface area contributed by atoms with E-state index >= 15 is 0 Å². The number of esters is 1. The van der Waals surface area contributed by atoms with Crippen LogP contribution in [0.5, 0.6) is 0 Å². The van der Waals surface area contributed by atoms with E-state index in [9.17, 15) is 4.79 Å². The Kier molecular flexibility index (Phi) is 5.21. The summed E-state index contributed by atoms with van der Waals surface area (Å²) in [5.41, 5.74) is 0.626. The highest BCUT2D eigenvalue weighted by Gasteiger charge is 2.22. The molecule has 0 heterocycles. The second-order valence-electron chi connectivity index (χ2n) is 3.92. The zero-order valence-corrected chi connectivity index (χ0v) is 9.43. The van der Waals surface area contributed by atoms with Crippen LogP contribution in [0.1, 0.15) is 40.0 Å². The average Bonchev–Trinajstić information content (AvgIpc) is 2.02. The molecule has 0 aliphatic heterocycles. The number of carbonyl (C=O) groups is 1. The summed E-state index contributed by atoms with van der Waals surface area (Å²) in [6.07, 6.45) is 4.41. The fraction of sp³-hybridized carbons (Fsp3) is 0.583. The predicted octanol–water partition coefficient (Wildman–Crippen LogP) is 3.24. The Bertz CT molecular complexity index is 230. The fourth-order valence-electron chi connectivity index (χ4n) is 1.26. The molecule has 0 aliphatic carbocycles. The summed E-state index contributed by atoms with van der Waals surface area (Å²) in [6.45, 7) is 12.8. The maximum atomic E-state index is 10.8. The third kappa shape index (κ3) is 5.57. The summed E-state index contributed by atoms with van der Waals surface area (Å²) in [6, 6.07) is 0. The van der Waals surface area contributed by atoms with Crippen LogP contribution in [0.15, 0.2) is 24.8 Å². The number of carbonyl (C=O) groups excluding carboxylic acids is 1. The molecule has 0 rings (SSSR count). The third-order valence-electron chi connectivity index (χ3n) is 2.09. The van der Waals surface area contributed by atoms with Crippen molar-refractivity contribution in [1.82, 2.24) is 0 Å². The van der Waals surface area contributed by atoms with Crippen LogP contribution in [0.3, 0.4) is 0 Å². The standard InChI is InChI=1S/C12H20O2/c1-6-12(5,14-11(4)13)9-7-8-10(2)3/h6H,1-2,7-9H2,3-5H3. The maximum Gasteiger partial charge on any atom is 0.303 e. The second kappa shape index (κ2) is 5.63. The van der Waals surface area contributed by atoms with Crippen molar-refractivity contribution in [1.29, 1.82) is 0 Å². The molecule has 0 saturated heterocycles. The van der Waals surface area contributed by atoms with Gasteiger partial charge in [-0.1, -0.05) is 12.2 Å². The smallest absolute Gasteiger partial charge is 0.303 e. The molecule has 0 aromatic heterocycles. The summed E-state index contributed by atoms with van der Waals surface area (Å²) in [4.78, 5) is 10.8. The number of ether oxygens (including phenoxy) is 1. The third-order valence-corrected chi connectivity index (χ3v) is 2.09. The van der Waals surface area contributed by atoms with Gasteiger partial charge in [-0.2, -0.15) is 0 Å². The lowest BCUT2D eigenvalue weighted by atomic mass is 9.97. The van der Waals surface area contributed by atoms with E-state index in [1.165, 1.54) is 6.92 Å². The molecule has 0 amide bonds. The Morgan fingerprint density at radius 3 is 2.43 bits per heavy atom. The number of rotatable bonds is 6. The number of hydrogen-bond acceptors (Lipinski definition) is 2. The molecule has 0 spiro atoms. The zero-order chi connectivity index (χ0) is 11.2. The minimum Gasteiger partial charge on any atom is -0.455 e. The van der Waals surface area contributed by atoms with Crippen molar-refractivity contribution in [2.24, 2.45) is 0 Å². The first-order chi connectivity index (χ1) is 6.39. The van der Waals surface area contributed by atoms with Gasteiger partial charge in [0.05, 0.1) is 0 Å². The first-order valence-corrected chi connectivity index (χ1v) is 4.87. The Balaban J connectivity index is 4.05. The summed E-state index contributed by atoms with van der Waals surface area (Å²) in [5.74, 6) is -0.261. The van der Waals surface area contributed by atoms with Gasteiger partial charge in [0.15, 0.2) is 0 Å². The van der Waals surface area contributed by atoms with Crippen LogP contribution in [0.4, 0.5) is 0 Å². The molecule has 0 radical (unpaired) electrons. The first kappa shape index (κ1) is 12.9. The Labute approximate surface area is 86.6 Å². The topological polar surface area (TPSA) is 26.3 Å². The van der Waals surface area contributed by atoms with Gasteiger partial charge in [-0.05, 0) is 39.2 Å². The molecule has 0 fully saturated rings.